The van der Waals surface area contributed by atoms with Crippen LogP contribution in [-0.2, 0) is 21.4 Å². The van der Waals surface area contributed by atoms with Crippen molar-refractivity contribution in [2.75, 3.05) is 30.6 Å². The van der Waals surface area contributed by atoms with E-state index in [9.17, 15) is 13.2 Å². The maximum Gasteiger partial charge on any atom is 0.224 e. The Kier molecular flexibility index (Phi) is 7.24. The lowest BCUT2D eigenvalue weighted by atomic mass is 9.92. The van der Waals surface area contributed by atoms with Gasteiger partial charge in [-0.25, -0.2) is 8.42 Å². The molecule has 0 heterocycles. The van der Waals surface area contributed by atoms with Gasteiger partial charge in [0.2, 0.25) is 15.9 Å². The first-order chi connectivity index (χ1) is 11.7. The Morgan fingerprint density at radius 3 is 2.19 bits per heavy atom. The standard InChI is InChI=1S/C19H33N3O3S/c1-14(2)22(26(8,24)25)13-15-11-16(9-10-17(15)21(6)7)20-18(23)12-19(3,4)5/h9-11,14H,12-13H2,1-8H3,(H,20,23). The molecule has 1 rings (SSSR count). The van der Waals surface area contributed by atoms with E-state index in [2.05, 4.69) is 5.32 Å². The number of hydrogen-bond acceptors (Lipinski definition) is 4. The van der Waals surface area contributed by atoms with Gasteiger partial charge in [0.15, 0.2) is 0 Å². The van der Waals surface area contributed by atoms with Crippen LogP contribution in [-0.4, -0.2) is 45.0 Å². The number of carbonyl (C=O) groups excluding carboxylic acids is 1. The van der Waals surface area contributed by atoms with Gasteiger partial charge in [0, 0.05) is 44.5 Å². The molecule has 0 radical (unpaired) electrons. The molecule has 1 aromatic carbocycles. The summed E-state index contributed by atoms with van der Waals surface area (Å²) in [6.45, 7) is 10.0. The predicted octanol–water partition coefficient (Wildman–Crippen LogP) is 3.30. The summed E-state index contributed by atoms with van der Waals surface area (Å²) in [5, 5.41) is 2.92. The monoisotopic (exact) mass is 383 g/mol. The normalized spacial score (nSPS) is 12.5. The van der Waals surface area contributed by atoms with Gasteiger partial charge in [0.1, 0.15) is 0 Å². The number of nitrogens with zero attached hydrogens (tertiary/aromatic N) is 2. The fraction of sp³-hybridized carbons (Fsp3) is 0.632. The molecule has 1 N–H and O–H groups in total. The highest BCUT2D eigenvalue weighted by Gasteiger charge is 2.23. The van der Waals surface area contributed by atoms with Gasteiger partial charge in [-0.1, -0.05) is 20.8 Å². The number of nitrogens with one attached hydrogen (secondary N) is 1. The summed E-state index contributed by atoms with van der Waals surface area (Å²) in [5.74, 6) is -0.0510. The van der Waals surface area contributed by atoms with Crippen LogP contribution in [0.25, 0.3) is 0 Å². The van der Waals surface area contributed by atoms with E-state index in [0.717, 1.165) is 11.3 Å². The molecule has 1 aromatic rings. The van der Waals surface area contributed by atoms with Gasteiger partial charge in [-0.15, -0.1) is 0 Å². The molecule has 0 saturated heterocycles. The van der Waals surface area contributed by atoms with Gasteiger partial charge in [-0.05, 0) is 43.0 Å². The van der Waals surface area contributed by atoms with Crippen molar-refractivity contribution in [2.24, 2.45) is 5.41 Å². The lowest BCUT2D eigenvalue weighted by molar-refractivity contribution is -0.117. The van der Waals surface area contributed by atoms with Gasteiger partial charge in [-0.3, -0.25) is 4.79 Å². The van der Waals surface area contributed by atoms with Crippen molar-refractivity contribution < 1.29 is 13.2 Å². The Labute approximate surface area is 158 Å². The van der Waals surface area contributed by atoms with Crippen molar-refractivity contribution in [2.45, 2.75) is 53.6 Å². The van der Waals surface area contributed by atoms with Crippen LogP contribution in [0.2, 0.25) is 0 Å². The molecule has 0 bridgehead atoms. The second-order valence-corrected chi connectivity index (χ2v) is 10.4. The summed E-state index contributed by atoms with van der Waals surface area (Å²) in [6, 6.07) is 5.46. The van der Waals surface area contributed by atoms with E-state index in [1.54, 1.807) is 0 Å². The van der Waals surface area contributed by atoms with E-state index in [-0.39, 0.29) is 23.9 Å². The molecule has 0 spiro atoms. The number of carbonyl (C=O) groups is 1. The highest BCUT2D eigenvalue weighted by Crippen LogP contribution is 2.27. The summed E-state index contributed by atoms with van der Waals surface area (Å²) in [4.78, 5) is 14.2. The zero-order valence-electron chi connectivity index (χ0n) is 17.3. The first-order valence-corrected chi connectivity index (χ1v) is 10.6. The SMILES string of the molecule is CC(C)N(Cc1cc(NC(=O)CC(C)(C)C)ccc1N(C)C)S(C)(=O)=O. The highest BCUT2D eigenvalue weighted by molar-refractivity contribution is 7.88. The Bertz CT molecular complexity index is 735. The smallest absolute Gasteiger partial charge is 0.224 e. The molecule has 0 aromatic heterocycles. The molecule has 148 valence electrons. The summed E-state index contributed by atoms with van der Waals surface area (Å²) in [5.41, 5.74) is 2.36. The van der Waals surface area contributed by atoms with Crippen LogP contribution < -0.4 is 10.2 Å². The lowest BCUT2D eigenvalue weighted by Gasteiger charge is -2.27. The lowest BCUT2D eigenvalue weighted by Crippen LogP contribution is -2.36. The minimum Gasteiger partial charge on any atom is -0.377 e. The predicted molar refractivity (Wildman–Crippen MR) is 109 cm³/mol. The molecule has 0 atom stereocenters. The van der Waals surface area contributed by atoms with Crippen molar-refractivity contribution >= 4 is 27.3 Å². The van der Waals surface area contributed by atoms with Crippen LogP contribution in [0.1, 0.15) is 46.6 Å². The number of rotatable bonds is 7. The Morgan fingerprint density at radius 1 is 1.19 bits per heavy atom. The molecule has 26 heavy (non-hydrogen) atoms. The Morgan fingerprint density at radius 2 is 1.77 bits per heavy atom. The first-order valence-electron chi connectivity index (χ1n) is 8.77. The number of anilines is 2. The van der Waals surface area contributed by atoms with E-state index in [0.29, 0.717) is 12.1 Å². The van der Waals surface area contributed by atoms with E-state index >= 15 is 0 Å². The molecule has 0 aliphatic rings. The minimum absolute atomic E-state index is 0.0510. The molecule has 6 nitrogen and oxygen atoms in total. The summed E-state index contributed by atoms with van der Waals surface area (Å²) < 4.78 is 25.7. The highest BCUT2D eigenvalue weighted by atomic mass is 32.2. The van der Waals surface area contributed by atoms with E-state index in [1.165, 1.54) is 10.6 Å². The van der Waals surface area contributed by atoms with Gasteiger partial charge >= 0.3 is 0 Å². The van der Waals surface area contributed by atoms with Gasteiger partial charge < -0.3 is 10.2 Å². The molecule has 1 amide bonds. The largest absolute Gasteiger partial charge is 0.377 e. The van der Waals surface area contributed by atoms with Crippen LogP contribution in [0.4, 0.5) is 11.4 Å². The minimum atomic E-state index is -3.34. The van der Waals surface area contributed by atoms with Crippen LogP contribution in [0.15, 0.2) is 18.2 Å². The van der Waals surface area contributed by atoms with Crippen molar-refractivity contribution in [3.8, 4) is 0 Å². The molecule has 0 saturated carbocycles. The Hall–Kier alpha value is -1.60. The molecular weight excluding hydrogens is 350 g/mol. The fourth-order valence-corrected chi connectivity index (χ4v) is 3.90. The van der Waals surface area contributed by atoms with Gasteiger partial charge in [-0.2, -0.15) is 4.31 Å². The maximum absolute atomic E-state index is 12.2. The van der Waals surface area contributed by atoms with E-state index in [1.807, 2.05) is 71.8 Å². The number of hydrogen-bond donors (Lipinski definition) is 1. The zero-order valence-corrected chi connectivity index (χ0v) is 18.1. The van der Waals surface area contributed by atoms with Crippen LogP contribution in [0.3, 0.4) is 0 Å². The van der Waals surface area contributed by atoms with Crippen molar-refractivity contribution in [3.63, 3.8) is 0 Å². The average molecular weight is 384 g/mol. The molecule has 0 unspecified atom stereocenters. The first kappa shape index (κ1) is 22.4. The second kappa shape index (κ2) is 8.39. The fourth-order valence-electron chi connectivity index (χ4n) is 2.76. The van der Waals surface area contributed by atoms with Crippen LogP contribution in [0, 0.1) is 5.41 Å². The average Bonchev–Trinajstić information content (AvgIpc) is 2.40. The molecule has 0 aliphatic carbocycles. The summed E-state index contributed by atoms with van der Waals surface area (Å²) in [6.07, 6.45) is 1.64. The third kappa shape index (κ3) is 6.96. The third-order valence-corrected chi connectivity index (χ3v) is 5.27. The van der Waals surface area contributed by atoms with Crippen LogP contribution in [0.5, 0.6) is 0 Å². The van der Waals surface area contributed by atoms with Crippen molar-refractivity contribution in [1.29, 1.82) is 0 Å². The molecule has 0 fully saturated rings. The zero-order chi connectivity index (χ0) is 20.3. The second-order valence-electron chi connectivity index (χ2n) is 8.43. The topological polar surface area (TPSA) is 69.7 Å². The Balaban J connectivity index is 3.18. The molecule has 7 heteroatoms. The summed E-state index contributed by atoms with van der Waals surface area (Å²) >= 11 is 0. The van der Waals surface area contributed by atoms with Crippen molar-refractivity contribution in [3.05, 3.63) is 23.8 Å². The summed E-state index contributed by atoms with van der Waals surface area (Å²) in [7, 11) is 0.490. The van der Waals surface area contributed by atoms with Crippen molar-refractivity contribution in [1.82, 2.24) is 4.31 Å². The van der Waals surface area contributed by atoms with E-state index in [4.69, 9.17) is 0 Å². The number of benzene rings is 1. The van der Waals surface area contributed by atoms with E-state index < -0.39 is 10.0 Å². The maximum atomic E-state index is 12.2. The van der Waals surface area contributed by atoms with Gasteiger partial charge in [0.05, 0.1) is 6.26 Å². The van der Waals surface area contributed by atoms with Crippen LogP contribution >= 0.6 is 0 Å². The van der Waals surface area contributed by atoms with Gasteiger partial charge in [0.25, 0.3) is 0 Å². The molecule has 0 aliphatic heterocycles. The third-order valence-electron chi connectivity index (χ3n) is 3.86. The number of amides is 1. The quantitative estimate of drug-likeness (QED) is 0.784. The number of sulfonamides is 1. The molecular formula is C19H33N3O3S.